The molecule has 1 aromatic carbocycles. The predicted octanol–water partition coefficient (Wildman–Crippen LogP) is 4.51. The molecule has 3 aliphatic rings. The number of fused-ring (bicyclic) bond motifs is 4. The van der Waals surface area contributed by atoms with E-state index in [0.29, 0.717) is 6.61 Å². The number of hydrogen-bond acceptors (Lipinski definition) is 4. The molecule has 3 aliphatic heterocycles. The molecule has 1 amide bonds. The first kappa shape index (κ1) is 17.7. The summed E-state index contributed by atoms with van der Waals surface area (Å²) in [4.78, 5) is 19.2. The highest BCUT2D eigenvalue weighted by molar-refractivity contribution is 5.69. The van der Waals surface area contributed by atoms with Crippen LogP contribution in [0.5, 0.6) is 0 Å². The van der Waals surface area contributed by atoms with Gasteiger partial charge >= 0.3 is 6.09 Å². The van der Waals surface area contributed by atoms with Crippen LogP contribution in [0.1, 0.15) is 56.2 Å². The molecule has 2 fully saturated rings. The molecule has 2 bridgehead atoms. The van der Waals surface area contributed by atoms with Crippen molar-refractivity contribution in [1.82, 2.24) is 9.88 Å². The third-order valence-corrected chi connectivity index (χ3v) is 6.58. The Morgan fingerprint density at radius 1 is 1.14 bits per heavy atom. The van der Waals surface area contributed by atoms with Gasteiger partial charge in [-0.3, -0.25) is 4.98 Å². The van der Waals surface area contributed by atoms with E-state index in [1.54, 1.807) is 0 Å². The smallest absolute Gasteiger partial charge is 0.410 e. The van der Waals surface area contributed by atoms with Crippen LogP contribution in [0, 0.1) is 0 Å². The first-order valence-electron chi connectivity index (χ1n) is 10.1. The van der Waals surface area contributed by atoms with Crippen LogP contribution in [-0.4, -0.2) is 28.1 Å². The quantitative estimate of drug-likeness (QED) is 0.772. The number of hydrogen-bond donors (Lipinski definition) is 0. The van der Waals surface area contributed by atoms with Crippen LogP contribution in [0.2, 0.25) is 0 Å². The Morgan fingerprint density at radius 2 is 1.86 bits per heavy atom. The van der Waals surface area contributed by atoms with Crippen LogP contribution < -0.4 is 0 Å². The first-order chi connectivity index (χ1) is 13.5. The van der Waals surface area contributed by atoms with Gasteiger partial charge < -0.3 is 14.4 Å². The molecular weight excluding hydrogens is 352 g/mol. The van der Waals surface area contributed by atoms with Crippen LogP contribution in [0.15, 0.2) is 48.8 Å². The van der Waals surface area contributed by atoms with E-state index in [9.17, 15) is 4.79 Å². The van der Waals surface area contributed by atoms with Crippen molar-refractivity contribution in [1.29, 1.82) is 0 Å². The van der Waals surface area contributed by atoms with Gasteiger partial charge in [-0.15, -0.1) is 0 Å². The van der Waals surface area contributed by atoms with E-state index in [4.69, 9.17) is 9.47 Å². The van der Waals surface area contributed by atoms with Gasteiger partial charge in [-0.1, -0.05) is 30.3 Å². The van der Waals surface area contributed by atoms with E-state index >= 15 is 0 Å². The fourth-order valence-electron chi connectivity index (χ4n) is 5.48. The van der Waals surface area contributed by atoms with Crippen molar-refractivity contribution in [2.75, 3.05) is 0 Å². The molecular formula is C23H26N2O3. The Kier molecular flexibility index (Phi) is 3.98. The van der Waals surface area contributed by atoms with Gasteiger partial charge in [0.1, 0.15) is 12.2 Å². The topological polar surface area (TPSA) is 51.7 Å². The van der Waals surface area contributed by atoms with E-state index in [0.717, 1.165) is 31.2 Å². The maximum Gasteiger partial charge on any atom is 0.410 e. The van der Waals surface area contributed by atoms with Gasteiger partial charge in [0.05, 0.1) is 5.60 Å². The second-order valence-corrected chi connectivity index (χ2v) is 8.77. The Labute approximate surface area is 165 Å². The molecule has 5 heteroatoms. The predicted molar refractivity (Wildman–Crippen MR) is 105 cm³/mol. The number of amides is 1. The lowest BCUT2D eigenvalue weighted by Crippen LogP contribution is -2.52. The summed E-state index contributed by atoms with van der Waals surface area (Å²) >= 11 is 0. The van der Waals surface area contributed by atoms with E-state index in [1.807, 2.05) is 47.6 Å². The summed E-state index contributed by atoms with van der Waals surface area (Å²) in [6.07, 6.45) is 7.24. The number of pyridine rings is 1. The average molecular weight is 378 g/mol. The van der Waals surface area contributed by atoms with E-state index in [1.165, 1.54) is 11.1 Å². The van der Waals surface area contributed by atoms with E-state index in [-0.39, 0.29) is 29.4 Å². The summed E-state index contributed by atoms with van der Waals surface area (Å²) in [6.45, 7) is 4.57. The van der Waals surface area contributed by atoms with Crippen LogP contribution in [-0.2, 0) is 27.3 Å². The normalized spacial score (nSPS) is 29.7. The molecule has 2 atom stereocenters. The summed E-state index contributed by atoms with van der Waals surface area (Å²) in [5.41, 5.74) is 2.77. The number of piperidine rings is 1. The van der Waals surface area contributed by atoms with Gasteiger partial charge in [-0.2, -0.15) is 0 Å². The Balaban J connectivity index is 1.35. The number of aromatic nitrogens is 1. The number of carbonyl (C=O) groups excluding carboxylic acids is 1. The molecule has 4 heterocycles. The lowest BCUT2D eigenvalue weighted by atomic mass is 9.80. The molecule has 146 valence electrons. The summed E-state index contributed by atoms with van der Waals surface area (Å²) in [7, 11) is 0. The molecule has 5 nitrogen and oxygen atoms in total. The molecule has 1 aromatic heterocycles. The van der Waals surface area contributed by atoms with Gasteiger partial charge in [-0.05, 0) is 43.9 Å². The third-order valence-electron chi connectivity index (χ3n) is 6.58. The third kappa shape index (κ3) is 2.72. The minimum absolute atomic E-state index is 0.156. The minimum atomic E-state index is -0.338. The number of ether oxygens (including phenoxy) is 2. The number of carbonyl (C=O) groups is 1. The SMILES string of the molecule is CC1(C)OC2(CC3CCC(C2)N3C(=O)OCc2ccccc2)c2cnccc21. The van der Waals surface area contributed by atoms with Gasteiger partial charge in [0.2, 0.25) is 0 Å². The molecule has 2 aromatic rings. The fourth-order valence-corrected chi connectivity index (χ4v) is 5.48. The fraction of sp³-hybridized carbons (Fsp3) is 0.478. The van der Waals surface area contributed by atoms with Crippen molar-refractivity contribution < 1.29 is 14.3 Å². The Bertz CT molecular complexity index is 882. The highest BCUT2D eigenvalue weighted by atomic mass is 16.6. The Hall–Kier alpha value is -2.40. The maximum atomic E-state index is 12.9. The molecule has 2 saturated heterocycles. The second-order valence-electron chi connectivity index (χ2n) is 8.77. The average Bonchev–Trinajstić information content (AvgIpc) is 3.09. The van der Waals surface area contributed by atoms with E-state index < -0.39 is 0 Å². The van der Waals surface area contributed by atoms with Gasteiger partial charge in [0, 0.05) is 42.9 Å². The number of rotatable bonds is 2. The molecule has 28 heavy (non-hydrogen) atoms. The molecule has 0 aliphatic carbocycles. The van der Waals surface area contributed by atoms with Gasteiger partial charge in [0.25, 0.3) is 0 Å². The zero-order valence-electron chi connectivity index (χ0n) is 16.4. The van der Waals surface area contributed by atoms with Crippen molar-refractivity contribution >= 4 is 6.09 Å². The van der Waals surface area contributed by atoms with Crippen LogP contribution in [0.3, 0.4) is 0 Å². The molecule has 0 radical (unpaired) electrons. The standard InChI is InChI=1S/C23H26N2O3/c1-22(2)19-10-11-24-14-20(19)23(28-22)12-17-8-9-18(13-23)25(17)21(26)27-15-16-6-4-3-5-7-16/h3-7,10-11,14,17-18H,8-9,12-13,15H2,1-2H3. The van der Waals surface area contributed by atoms with Crippen LogP contribution in [0.25, 0.3) is 0 Å². The second kappa shape index (κ2) is 6.31. The summed E-state index contributed by atoms with van der Waals surface area (Å²) < 4.78 is 12.3. The molecule has 5 rings (SSSR count). The first-order valence-corrected chi connectivity index (χ1v) is 10.1. The molecule has 0 saturated carbocycles. The minimum Gasteiger partial charge on any atom is -0.445 e. The lowest BCUT2D eigenvalue weighted by Gasteiger charge is -2.44. The van der Waals surface area contributed by atoms with Gasteiger partial charge in [0.15, 0.2) is 0 Å². The van der Waals surface area contributed by atoms with Crippen LogP contribution in [0.4, 0.5) is 4.79 Å². The highest BCUT2D eigenvalue weighted by Gasteiger charge is 2.58. The highest BCUT2D eigenvalue weighted by Crippen LogP contribution is 2.56. The number of benzene rings is 1. The van der Waals surface area contributed by atoms with Crippen molar-refractivity contribution in [3.63, 3.8) is 0 Å². The van der Waals surface area contributed by atoms with Crippen molar-refractivity contribution in [2.24, 2.45) is 0 Å². The molecule has 1 spiro atoms. The monoisotopic (exact) mass is 378 g/mol. The number of nitrogens with zero attached hydrogens (tertiary/aromatic N) is 2. The molecule has 2 unspecified atom stereocenters. The largest absolute Gasteiger partial charge is 0.445 e. The van der Waals surface area contributed by atoms with Crippen molar-refractivity contribution in [3.05, 3.63) is 65.5 Å². The maximum absolute atomic E-state index is 12.9. The van der Waals surface area contributed by atoms with Crippen molar-refractivity contribution in [3.8, 4) is 0 Å². The van der Waals surface area contributed by atoms with Gasteiger partial charge in [-0.25, -0.2) is 4.79 Å². The zero-order valence-corrected chi connectivity index (χ0v) is 16.4. The van der Waals surface area contributed by atoms with Crippen LogP contribution >= 0.6 is 0 Å². The summed E-state index contributed by atoms with van der Waals surface area (Å²) in [5, 5.41) is 0. The lowest BCUT2D eigenvalue weighted by molar-refractivity contribution is -0.159. The van der Waals surface area contributed by atoms with E-state index in [2.05, 4.69) is 24.9 Å². The molecule has 0 N–H and O–H groups in total. The van der Waals surface area contributed by atoms with Crippen molar-refractivity contribution in [2.45, 2.75) is 69.4 Å². The summed E-state index contributed by atoms with van der Waals surface area (Å²) in [6, 6.07) is 12.2. The Morgan fingerprint density at radius 3 is 2.57 bits per heavy atom. The summed E-state index contributed by atoms with van der Waals surface area (Å²) in [5.74, 6) is 0. The zero-order chi connectivity index (χ0) is 19.4.